The van der Waals surface area contributed by atoms with Gasteiger partial charge in [0, 0.05) is 11.1 Å². The number of benzene rings is 2. The van der Waals surface area contributed by atoms with Crippen molar-refractivity contribution in [1.82, 2.24) is 25.2 Å². The lowest BCUT2D eigenvalue weighted by molar-refractivity contribution is 0.102. The second-order valence-electron chi connectivity index (χ2n) is 5.28. The Balaban J connectivity index is 2.12. The number of fused-ring (bicyclic) bond motifs is 1. The van der Waals surface area contributed by atoms with Gasteiger partial charge in [-0.15, -0.1) is 10.2 Å². The Bertz CT molecular complexity index is 1130. The van der Waals surface area contributed by atoms with Crippen molar-refractivity contribution in [3.63, 3.8) is 0 Å². The van der Waals surface area contributed by atoms with E-state index in [0.29, 0.717) is 16.6 Å². The molecule has 0 aliphatic heterocycles. The van der Waals surface area contributed by atoms with E-state index in [4.69, 9.17) is 0 Å². The van der Waals surface area contributed by atoms with Crippen molar-refractivity contribution < 1.29 is 9.90 Å². The Morgan fingerprint density at radius 1 is 1.04 bits per heavy atom. The van der Waals surface area contributed by atoms with Crippen molar-refractivity contribution in [3.8, 4) is 11.4 Å². The quantitative estimate of drug-likeness (QED) is 0.548. The molecule has 0 unspecified atom stereocenters. The van der Waals surface area contributed by atoms with E-state index in [1.165, 1.54) is 4.57 Å². The normalized spacial score (nSPS) is 10.9. The molecule has 2 aromatic carbocycles. The molecule has 0 bridgehead atoms. The molecule has 0 amide bonds. The molecule has 0 spiro atoms. The SMILES string of the molecule is O=C(c1nn[nH]n1)c1c(O)c2ccccc2n(-c2ccccc2)c1=O. The topological polar surface area (TPSA) is 114 Å². The maximum Gasteiger partial charge on any atom is 0.270 e. The van der Waals surface area contributed by atoms with Crippen LogP contribution in [0.15, 0.2) is 59.4 Å². The van der Waals surface area contributed by atoms with Crippen molar-refractivity contribution in [2.24, 2.45) is 0 Å². The molecule has 2 aromatic heterocycles. The summed E-state index contributed by atoms with van der Waals surface area (Å²) in [7, 11) is 0. The van der Waals surface area contributed by atoms with Crippen LogP contribution in [0.25, 0.3) is 16.6 Å². The highest BCUT2D eigenvalue weighted by Crippen LogP contribution is 2.28. The first kappa shape index (κ1) is 14.8. The average molecular weight is 333 g/mol. The number of hydrogen-bond donors (Lipinski definition) is 2. The molecule has 0 fully saturated rings. The lowest BCUT2D eigenvalue weighted by Crippen LogP contribution is -2.26. The number of carbonyl (C=O) groups excluding carboxylic acids is 1. The molecule has 25 heavy (non-hydrogen) atoms. The van der Waals surface area contributed by atoms with Gasteiger partial charge in [-0.3, -0.25) is 14.2 Å². The summed E-state index contributed by atoms with van der Waals surface area (Å²) in [6.45, 7) is 0. The van der Waals surface area contributed by atoms with Gasteiger partial charge in [0.2, 0.25) is 11.6 Å². The van der Waals surface area contributed by atoms with Crippen molar-refractivity contribution in [3.05, 3.63) is 76.3 Å². The van der Waals surface area contributed by atoms with Crippen LogP contribution < -0.4 is 5.56 Å². The van der Waals surface area contributed by atoms with Crippen LogP contribution in [0.2, 0.25) is 0 Å². The monoisotopic (exact) mass is 333 g/mol. The third-order valence-corrected chi connectivity index (χ3v) is 3.84. The van der Waals surface area contributed by atoms with Gasteiger partial charge >= 0.3 is 0 Å². The zero-order valence-corrected chi connectivity index (χ0v) is 12.7. The molecule has 122 valence electrons. The minimum Gasteiger partial charge on any atom is -0.506 e. The van der Waals surface area contributed by atoms with Crippen LogP contribution in [0, 0.1) is 0 Å². The second-order valence-corrected chi connectivity index (χ2v) is 5.28. The van der Waals surface area contributed by atoms with E-state index in [1.807, 2.05) is 6.07 Å². The Morgan fingerprint density at radius 3 is 2.48 bits per heavy atom. The molecule has 2 heterocycles. The summed E-state index contributed by atoms with van der Waals surface area (Å²) in [4.78, 5) is 25.7. The summed E-state index contributed by atoms with van der Waals surface area (Å²) in [6, 6.07) is 15.7. The van der Waals surface area contributed by atoms with Gasteiger partial charge in [-0.25, -0.2) is 0 Å². The van der Waals surface area contributed by atoms with E-state index in [2.05, 4.69) is 20.6 Å². The number of aromatic nitrogens is 5. The smallest absolute Gasteiger partial charge is 0.270 e. The lowest BCUT2D eigenvalue weighted by Gasteiger charge is -2.14. The minimum absolute atomic E-state index is 0.290. The molecule has 4 aromatic rings. The molecule has 0 aliphatic carbocycles. The van der Waals surface area contributed by atoms with Crippen molar-refractivity contribution in [2.45, 2.75) is 0 Å². The zero-order valence-electron chi connectivity index (χ0n) is 12.7. The fourth-order valence-electron chi connectivity index (χ4n) is 2.73. The van der Waals surface area contributed by atoms with Crippen LogP contribution in [0.5, 0.6) is 5.75 Å². The number of rotatable bonds is 3. The number of tetrazole rings is 1. The summed E-state index contributed by atoms with van der Waals surface area (Å²) >= 11 is 0. The molecule has 0 aliphatic rings. The van der Waals surface area contributed by atoms with Crippen LogP contribution >= 0.6 is 0 Å². The third-order valence-electron chi connectivity index (χ3n) is 3.84. The van der Waals surface area contributed by atoms with E-state index < -0.39 is 22.7 Å². The largest absolute Gasteiger partial charge is 0.506 e. The predicted molar refractivity (Wildman–Crippen MR) is 88.8 cm³/mol. The first-order valence-corrected chi connectivity index (χ1v) is 7.39. The van der Waals surface area contributed by atoms with Gasteiger partial charge in [0.1, 0.15) is 11.3 Å². The van der Waals surface area contributed by atoms with E-state index in [1.54, 1.807) is 48.5 Å². The van der Waals surface area contributed by atoms with E-state index in [-0.39, 0.29) is 5.82 Å². The van der Waals surface area contributed by atoms with Gasteiger partial charge in [-0.05, 0) is 29.5 Å². The van der Waals surface area contributed by atoms with Crippen molar-refractivity contribution >= 4 is 16.7 Å². The minimum atomic E-state index is -0.799. The van der Waals surface area contributed by atoms with E-state index in [9.17, 15) is 14.7 Å². The molecule has 8 nitrogen and oxygen atoms in total. The number of carbonyl (C=O) groups is 1. The van der Waals surface area contributed by atoms with Crippen LogP contribution in [0.4, 0.5) is 0 Å². The number of hydrogen-bond acceptors (Lipinski definition) is 6. The highest BCUT2D eigenvalue weighted by Gasteiger charge is 2.26. The maximum absolute atomic E-state index is 13.0. The number of nitrogens with zero attached hydrogens (tertiary/aromatic N) is 4. The first-order chi connectivity index (χ1) is 12.2. The molecular weight excluding hydrogens is 322 g/mol. The van der Waals surface area contributed by atoms with Crippen LogP contribution in [0.1, 0.15) is 16.2 Å². The van der Waals surface area contributed by atoms with Gasteiger partial charge in [-0.1, -0.05) is 30.3 Å². The Hall–Kier alpha value is -3.81. The van der Waals surface area contributed by atoms with E-state index >= 15 is 0 Å². The fraction of sp³-hybridized carbons (Fsp3) is 0. The average Bonchev–Trinajstić information content (AvgIpc) is 3.17. The number of aromatic amines is 1. The number of para-hydroxylation sites is 2. The van der Waals surface area contributed by atoms with Gasteiger partial charge in [0.25, 0.3) is 5.56 Å². The molecule has 0 atom stereocenters. The number of pyridine rings is 1. The molecule has 0 saturated heterocycles. The van der Waals surface area contributed by atoms with Gasteiger partial charge < -0.3 is 5.11 Å². The zero-order chi connectivity index (χ0) is 17.4. The summed E-state index contributed by atoms with van der Waals surface area (Å²) in [6.07, 6.45) is 0. The van der Waals surface area contributed by atoms with Gasteiger partial charge in [-0.2, -0.15) is 5.21 Å². The Kier molecular flexibility index (Phi) is 3.35. The summed E-state index contributed by atoms with van der Waals surface area (Å²) < 4.78 is 1.38. The molecule has 0 radical (unpaired) electrons. The first-order valence-electron chi connectivity index (χ1n) is 7.39. The Labute approximate surface area is 140 Å². The fourth-order valence-corrected chi connectivity index (χ4v) is 2.73. The summed E-state index contributed by atoms with van der Waals surface area (Å²) in [5, 5.41) is 23.6. The third kappa shape index (κ3) is 2.27. The van der Waals surface area contributed by atoms with Gasteiger partial charge in [0.05, 0.1) is 5.52 Å². The van der Waals surface area contributed by atoms with Crippen LogP contribution in [-0.4, -0.2) is 36.1 Å². The second kappa shape index (κ2) is 5.68. The molecule has 2 N–H and O–H groups in total. The summed E-state index contributed by atoms with van der Waals surface area (Å²) in [5.41, 5.74) is 0.00729. The molecule has 0 saturated carbocycles. The Morgan fingerprint density at radius 2 is 1.76 bits per heavy atom. The van der Waals surface area contributed by atoms with Crippen LogP contribution in [-0.2, 0) is 0 Å². The highest BCUT2D eigenvalue weighted by molar-refractivity contribution is 6.11. The maximum atomic E-state index is 13.0. The standard InChI is InChI=1S/C17H11N5O3/c23-14-11-8-4-5-9-12(11)22(10-6-2-1-3-7-10)17(25)13(14)15(24)16-18-20-21-19-16/h1-9,23H,(H,18,19,20,21). The molecule has 8 heteroatoms. The van der Waals surface area contributed by atoms with Crippen LogP contribution in [0.3, 0.4) is 0 Å². The number of nitrogens with one attached hydrogen (secondary N) is 1. The summed E-state index contributed by atoms with van der Waals surface area (Å²) in [5.74, 6) is -1.49. The van der Waals surface area contributed by atoms with Crippen molar-refractivity contribution in [2.75, 3.05) is 0 Å². The van der Waals surface area contributed by atoms with Crippen molar-refractivity contribution in [1.29, 1.82) is 0 Å². The lowest BCUT2D eigenvalue weighted by atomic mass is 10.1. The molecule has 4 rings (SSSR count). The predicted octanol–water partition coefficient (Wildman–Crippen LogP) is 1.44. The number of ketones is 1. The van der Waals surface area contributed by atoms with Gasteiger partial charge in [0.15, 0.2) is 0 Å². The number of H-pyrrole nitrogens is 1. The highest BCUT2D eigenvalue weighted by atomic mass is 16.3. The molecular formula is C17H11N5O3. The van der Waals surface area contributed by atoms with E-state index in [0.717, 1.165) is 0 Å². The number of aromatic hydroxyl groups is 1.